The standard InChI is InChI=1S/C25H23NO/c27-25(23-14-8-3-9-15-23)26-18-16-22(17-19-26)24(20-10-4-1-5-11-20)21-12-6-2-7-13-21/h1-15H,16-19H2. The third-order valence-corrected chi connectivity index (χ3v) is 5.15. The third-order valence-electron chi connectivity index (χ3n) is 5.15. The molecule has 0 radical (unpaired) electrons. The number of likely N-dealkylation sites (tertiary alicyclic amines) is 1. The highest BCUT2D eigenvalue weighted by Gasteiger charge is 2.22. The Morgan fingerprint density at radius 2 is 1.00 bits per heavy atom. The smallest absolute Gasteiger partial charge is 0.253 e. The molecule has 4 rings (SSSR count). The predicted octanol–water partition coefficient (Wildman–Crippen LogP) is 5.42. The summed E-state index contributed by atoms with van der Waals surface area (Å²) in [7, 11) is 0. The van der Waals surface area contributed by atoms with Crippen molar-refractivity contribution in [2.75, 3.05) is 13.1 Å². The topological polar surface area (TPSA) is 20.3 Å². The van der Waals surface area contributed by atoms with Gasteiger partial charge < -0.3 is 4.90 Å². The summed E-state index contributed by atoms with van der Waals surface area (Å²) in [6.45, 7) is 1.54. The van der Waals surface area contributed by atoms with Crippen LogP contribution in [0.25, 0.3) is 5.57 Å². The van der Waals surface area contributed by atoms with E-state index in [-0.39, 0.29) is 5.91 Å². The molecule has 1 amide bonds. The molecule has 3 aromatic carbocycles. The Morgan fingerprint density at radius 1 is 0.593 bits per heavy atom. The molecule has 0 N–H and O–H groups in total. The Morgan fingerprint density at radius 3 is 1.44 bits per heavy atom. The first-order valence-corrected chi connectivity index (χ1v) is 9.50. The molecule has 0 spiro atoms. The maximum absolute atomic E-state index is 12.7. The van der Waals surface area contributed by atoms with E-state index in [1.807, 2.05) is 35.2 Å². The lowest BCUT2D eigenvalue weighted by Crippen LogP contribution is -2.36. The van der Waals surface area contributed by atoms with E-state index >= 15 is 0 Å². The van der Waals surface area contributed by atoms with Gasteiger partial charge in [-0.1, -0.05) is 84.4 Å². The Hall–Kier alpha value is -3.13. The maximum Gasteiger partial charge on any atom is 0.253 e. The third kappa shape index (κ3) is 3.85. The molecule has 2 nitrogen and oxygen atoms in total. The second-order valence-corrected chi connectivity index (χ2v) is 6.87. The van der Waals surface area contributed by atoms with Crippen LogP contribution in [0, 0.1) is 0 Å². The predicted molar refractivity (Wildman–Crippen MR) is 110 cm³/mol. The van der Waals surface area contributed by atoms with Gasteiger partial charge in [-0.25, -0.2) is 0 Å². The van der Waals surface area contributed by atoms with Crippen LogP contribution in [-0.4, -0.2) is 23.9 Å². The average Bonchev–Trinajstić information content (AvgIpc) is 2.76. The van der Waals surface area contributed by atoms with Crippen LogP contribution in [0.5, 0.6) is 0 Å². The minimum absolute atomic E-state index is 0.135. The molecule has 27 heavy (non-hydrogen) atoms. The van der Waals surface area contributed by atoms with Crippen LogP contribution in [0.4, 0.5) is 0 Å². The van der Waals surface area contributed by atoms with E-state index in [0.717, 1.165) is 31.5 Å². The quantitative estimate of drug-likeness (QED) is 0.615. The molecule has 1 aliphatic rings. The van der Waals surface area contributed by atoms with Crippen LogP contribution in [-0.2, 0) is 0 Å². The van der Waals surface area contributed by atoms with Gasteiger partial charge in [-0.3, -0.25) is 4.79 Å². The van der Waals surface area contributed by atoms with Crippen LogP contribution in [0.15, 0.2) is 96.6 Å². The minimum atomic E-state index is 0.135. The highest BCUT2D eigenvalue weighted by Crippen LogP contribution is 2.32. The zero-order valence-corrected chi connectivity index (χ0v) is 15.3. The first kappa shape index (κ1) is 17.3. The minimum Gasteiger partial charge on any atom is -0.338 e. The molecule has 2 heteroatoms. The fraction of sp³-hybridized carbons (Fsp3) is 0.160. The average molecular weight is 353 g/mol. The molecule has 1 aliphatic heterocycles. The van der Waals surface area contributed by atoms with Gasteiger partial charge in [0.05, 0.1) is 0 Å². The van der Waals surface area contributed by atoms with Crippen molar-refractivity contribution < 1.29 is 4.79 Å². The monoisotopic (exact) mass is 353 g/mol. The van der Waals surface area contributed by atoms with Crippen LogP contribution in [0.2, 0.25) is 0 Å². The van der Waals surface area contributed by atoms with Gasteiger partial charge in [-0.15, -0.1) is 0 Å². The zero-order chi connectivity index (χ0) is 18.5. The summed E-state index contributed by atoms with van der Waals surface area (Å²) in [5, 5.41) is 0. The summed E-state index contributed by atoms with van der Waals surface area (Å²) in [5.41, 5.74) is 6.03. The fourth-order valence-electron chi connectivity index (χ4n) is 3.78. The van der Waals surface area contributed by atoms with Gasteiger partial charge in [0.15, 0.2) is 0 Å². The number of nitrogens with zero attached hydrogens (tertiary/aromatic N) is 1. The molecule has 0 saturated carbocycles. The van der Waals surface area contributed by atoms with E-state index < -0.39 is 0 Å². The summed E-state index contributed by atoms with van der Waals surface area (Å²) in [6, 6.07) is 30.8. The summed E-state index contributed by atoms with van der Waals surface area (Å²) >= 11 is 0. The first-order valence-electron chi connectivity index (χ1n) is 9.50. The normalized spacial score (nSPS) is 14.1. The SMILES string of the molecule is O=C(c1ccccc1)N1CCC(=C(c2ccccc2)c2ccccc2)CC1. The fourth-order valence-corrected chi connectivity index (χ4v) is 3.78. The number of piperidine rings is 1. The van der Waals surface area contributed by atoms with E-state index in [9.17, 15) is 4.79 Å². The van der Waals surface area contributed by atoms with Crippen molar-refractivity contribution in [1.82, 2.24) is 4.90 Å². The molecule has 0 aliphatic carbocycles. The highest BCUT2D eigenvalue weighted by atomic mass is 16.2. The van der Waals surface area contributed by atoms with Crippen molar-refractivity contribution >= 4 is 11.5 Å². The Balaban J connectivity index is 1.61. The maximum atomic E-state index is 12.7. The van der Waals surface area contributed by atoms with E-state index in [0.29, 0.717) is 0 Å². The number of hydrogen-bond donors (Lipinski definition) is 0. The van der Waals surface area contributed by atoms with E-state index in [4.69, 9.17) is 0 Å². The van der Waals surface area contributed by atoms with Crippen molar-refractivity contribution in [3.8, 4) is 0 Å². The Labute approximate surface area is 160 Å². The van der Waals surface area contributed by atoms with Crippen molar-refractivity contribution in [1.29, 1.82) is 0 Å². The summed E-state index contributed by atoms with van der Waals surface area (Å²) < 4.78 is 0. The molecule has 0 atom stereocenters. The summed E-state index contributed by atoms with van der Waals surface area (Å²) in [4.78, 5) is 14.7. The van der Waals surface area contributed by atoms with E-state index in [1.165, 1.54) is 22.3 Å². The molecule has 3 aromatic rings. The molecule has 0 unspecified atom stereocenters. The molecule has 0 bridgehead atoms. The van der Waals surface area contributed by atoms with Crippen LogP contribution in [0.1, 0.15) is 34.3 Å². The Bertz CT molecular complexity index is 878. The van der Waals surface area contributed by atoms with Gasteiger partial charge in [0.25, 0.3) is 5.91 Å². The number of amides is 1. The lowest BCUT2D eigenvalue weighted by atomic mass is 9.88. The van der Waals surface area contributed by atoms with Gasteiger partial charge >= 0.3 is 0 Å². The van der Waals surface area contributed by atoms with Gasteiger partial charge in [0.1, 0.15) is 0 Å². The lowest BCUT2D eigenvalue weighted by Gasteiger charge is -2.30. The van der Waals surface area contributed by atoms with Crippen LogP contribution in [0.3, 0.4) is 0 Å². The number of benzene rings is 3. The van der Waals surface area contributed by atoms with Gasteiger partial charge in [-0.2, -0.15) is 0 Å². The number of carbonyl (C=O) groups excluding carboxylic acids is 1. The van der Waals surface area contributed by atoms with Gasteiger partial charge in [0, 0.05) is 18.7 Å². The zero-order valence-electron chi connectivity index (χ0n) is 15.3. The van der Waals surface area contributed by atoms with Gasteiger partial charge in [0.2, 0.25) is 0 Å². The lowest BCUT2D eigenvalue weighted by molar-refractivity contribution is 0.0744. The van der Waals surface area contributed by atoms with E-state index in [1.54, 1.807) is 0 Å². The largest absolute Gasteiger partial charge is 0.338 e. The van der Waals surface area contributed by atoms with Crippen LogP contribution < -0.4 is 0 Å². The van der Waals surface area contributed by atoms with Crippen molar-refractivity contribution in [2.24, 2.45) is 0 Å². The molecule has 1 heterocycles. The molecular formula is C25H23NO. The van der Waals surface area contributed by atoms with Crippen molar-refractivity contribution in [3.05, 3.63) is 113 Å². The molecular weight excluding hydrogens is 330 g/mol. The summed E-state index contributed by atoms with van der Waals surface area (Å²) in [6.07, 6.45) is 1.83. The van der Waals surface area contributed by atoms with Crippen LogP contribution >= 0.6 is 0 Å². The van der Waals surface area contributed by atoms with Crippen molar-refractivity contribution in [2.45, 2.75) is 12.8 Å². The first-order chi connectivity index (χ1) is 13.3. The second-order valence-electron chi connectivity index (χ2n) is 6.87. The second kappa shape index (κ2) is 8.05. The molecule has 0 aromatic heterocycles. The van der Waals surface area contributed by atoms with Gasteiger partial charge in [-0.05, 0) is 41.7 Å². The summed E-state index contributed by atoms with van der Waals surface area (Å²) in [5.74, 6) is 0.135. The Kier molecular flexibility index (Phi) is 5.15. The molecule has 134 valence electrons. The molecule has 1 fully saturated rings. The van der Waals surface area contributed by atoms with Crippen molar-refractivity contribution in [3.63, 3.8) is 0 Å². The molecule has 1 saturated heterocycles. The van der Waals surface area contributed by atoms with E-state index in [2.05, 4.69) is 60.7 Å². The number of rotatable bonds is 3. The number of hydrogen-bond acceptors (Lipinski definition) is 1. The highest BCUT2D eigenvalue weighted by molar-refractivity contribution is 5.94. The number of carbonyl (C=O) groups is 1.